The molecule has 0 aromatic carbocycles. The molecule has 0 aliphatic rings. The summed E-state index contributed by atoms with van der Waals surface area (Å²) in [5.74, 6) is -0.932. The number of pyridine rings is 1. The molecule has 0 bridgehead atoms. The molecule has 1 aromatic rings. The zero-order chi connectivity index (χ0) is 9.84. The average molecular weight is 197 g/mol. The zero-order valence-corrected chi connectivity index (χ0v) is 8.34. The Labute approximate surface area is 81.2 Å². The van der Waals surface area contributed by atoms with Gasteiger partial charge in [-0.2, -0.15) is 0 Å². The second kappa shape index (κ2) is 4.28. The van der Waals surface area contributed by atoms with Crippen LogP contribution in [0.1, 0.15) is 24.2 Å². The van der Waals surface area contributed by atoms with Gasteiger partial charge in [-0.05, 0) is 6.07 Å². The van der Waals surface area contributed by atoms with E-state index in [0.717, 1.165) is 4.90 Å². The van der Waals surface area contributed by atoms with Crippen molar-refractivity contribution in [2.75, 3.05) is 0 Å². The van der Waals surface area contributed by atoms with Crippen LogP contribution in [0.2, 0.25) is 0 Å². The van der Waals surface area contributed by atoms with E-state index in [0.29, 0.717) is 5.25 Å². The predicted molar refractivity (Wildman–Crippen MR) is 52.2 cm³/mol. The van der Waals surface area contributed by atoms with Gasteiger partial charge in [-0.3, -0.25) is 4.98 Å². The van der Waals surface area contributed by atoms with Gasteiger partial charge >= 0.3 is 5.97 Å². The van der Waals surface area contributed by atoms with E-state index in [1.54, 1.807) is 24.0 Å². The number of carboxylic acid groups (broad SMARTS) is 1. The summed E-state index contributed by atoms with van der Waals surface area (Å²) in [5.41, 5.74) is 0.241. The Morgan fingerprint density at radius 1 is 1.54 bits per heavy atom. The van der Waals surface area contributed by atoms with Gasteiger partial charge in [-0.25, -0.2) is 4.79 Å². The van der Waals surface area contributed by atoms with E-state index in [1.807, 2.05) is 0 Å². The monoisotopic (exact) mass is 197 g/mol. The molecule has 0 aliphatic heterocycles. The molecule has 1 heterocycles. The first-order valence-corrected chi connectivity index (χ1v) is 4.82. The lowest BCUT2D eigenvalue weighted by atomic mass is 10.3. The summed E-state index contributed by atoms with van der Waals surface area (Å²) in [6.45, 7) is 4.11. The van der Waals surface area contributed by atoms with Crippen LogP contribution in [-0.2, 0) is 0 Å². The number of aromatic nitrogens is 1. The second-order valence-corrected chi connectivity index (χ2v) is 4.53. The maximum atomic E-state index is 10.6. The van der Waals surface area contributed by atoms with E-state index >= 15 is 0 Å². The number of carbonyl (C=O) groups is 1. The van der Waals surface area contributed by atoms with E-state index in [4.69, 9.17) is 5.11 Å². The van der Waals surface area contributed by atoms with Crippen molar-refractivity contribution in [3.8, 4) is 0 Å². The molecular weight excluding hydrogens is 186 g/mol. The van der Waals surface area contributed by atoms with Crippen molar-refractivity contribution in [3.63, 3.8) is 0 Å². The number of aromatic carboxylic acids is 1. The summed E-state index contributed by atoms with van der Waals surface area (Å²) in [6, 6.07) is 1.64. The molecule has 1 rings (SSSR count). The SMILES string of the molecule is CC(C)Sc1cncc(C(=O)O)c1. The fraction of sp³-hybridized carbons (Fsp3) is 0.333. The molecule has 0 spiro atoms. The lowest BCUT2D eigenvalue weighted by Crippen LogP contribution is -1.97. The topological polar surface area (TPSA) is 50.2 Å². The maximum Gasteiger partial charge on any atom is 0.337 e. The first kappa shape index (κ1) is 10.1. The Kier molecular flexibility index (Phi) is 3.31. The number of hydrogen-bond acceptors (Lipinski definition) is 3. The molecule has 0 fully saturated rings. The summed E-state index contributed by atoms with van der Waals surface area (Å²) >= 11 is 1.60. The van der Waals surface area contributed by atoms with E-state index < -0.39 is 5.97 Å². The van der Waals surface area contributed by atoms with E-state index in [2.05, 4.69) is 18.8 Å². The van der Waals surface area contributed by atoms with Crippen LogP contribution in [0.15, 0.2) is 23.4 Å². The molecule has 0 saturated carbocycles. The van der Waals surface area contributed by atoms with Crippen LogP contribution in [-0.4, -0.2) is 21.3 Å². The molecule has 0 saturated heterocycles. The minimum atomic E-state index is -0.932. The summed E-state index contributed by atoms with van der Waals surface area (Å²) in [6.07, 6.45) is 3.03. The van der Waals surface area contributed by atoms with Crippen LogP contribution in [0.3, 0.4) is 0 Å². The molecule has 0 radical (unpaired) electrons. The maximum absolute atomic E-state index is 10.6. The number of nitrogens with zero attached hydrogens (tertiary/aromatic N) is 1. The minimum Gasteiger partial charge on any atom is -0.478 e. The highest BCUT2D eigenvalue weighted by Gasteiger charge is 2.05. The van der Waals surface area contributed by atoms with Crippen LogP contribution in [0.5, 0.6) is 0 Å². The Morgan fingerprint density at radius 3 is 2.77 bits per heavy atom. The number of hydrogen-bond donors (Lipinski definition) is 1. The second-order valence-electron chi connectivity index (χ2n) is 2.88. The third kappa shape index (κ3) is 3.06. The first-order valence-electron chi connectivity index (χ1n) is 3.94. The standard InChI is InChI=1S/C9H11NO2S/c1-6(2)13-8-3-7(9(11)12)4-10-5-8/h3-6H,1-2H3,(H,11,12). The number of rotatable bonds is 3. The van der Waals surface area contributed by atoms with Crippen molar-refractivity contribution in [2.24, 2.45) is 0 Å². The first-order chi connectivity index (χ1) is 6.09. The van der Waals surface area contributed by atoms with Crippen LogP contribution in [0, 0.1) is 0 Å². The van der Waals surface area contributed by atoms with Gasteiger partial charge in [0.05, 0.1) is 5.56 Å². The van der Waals surface area contributed by atoms with Crippen molar-refractivity contribution in [2.45, 2.75) is 24.0 Å². The zero-order valence-electron chi connectivity index (χ0n) is 7.52. The summed E-state index contributed by atoms with van der Waals surface area (Å²) < 4.78 is 0. The van der Waals surface area contributed by atoms with E-state index in [1.165, 1.54) is 6.20 Å². The molecule has 1 N–H and O–H groups in total. The molecule has 13 heavy (non-hydrogen) atoms. The Hall–Kier alpha value is -1.03. The van der Waals surface area contributed by atoms with Gasteiger partial charge in [-0.1, -0.05) is 13.8 Å². The fourth-order valence-electron chi connectivity index (χ4n) is 0.872. The average Bonchev–Trinajstić information content (AvgIpc) is 2.03. The largest absolute Gasteiger partial charge is 0.478 e. The highest BCUT2D eigenvalue weighted by Crippen LogP contribution is 2.22. The van der Waals surface area contributed by atoms with Gasteiger partial charge in [0.1, 0.15) is 0 Å². The van der Waals surface area contributed by atoms with E-state index in [-0.39, 0.29) is 5.56 Å². The lowest BCUT2D eigenvalue weighted by molar-refractivity contribution is 0.0696. The van der Waals surface area contributed by atoms with Crippen LogP contribution in [0.25, 0.3) is 0 Å². The lowest BCUT2D eigenvalue weighted by Gasteiger charge is -2.04. The minimum absolute atomic E-state index is 0.241. The summed E-state index contributed by atoms with van der Waals surface area (Å²) in [4.78, 5) is 15.3. The Balaban J connectivity index is 2.85. The van der Waals surface area contributed by atoms with Crippen LogP contribution < -0.4 is 0 Å². The van der Waals surface area contributed by atoms with Gasteiger partial charge in [0.25, 0.3) is 0 Å². The van der Waals surface area contributed by atoms with Gasteiger partial charge < -0.3 is 5.11 Å². The molecule has 0 aliphatic carbocycles. The third-order valence-corrected chi connectivity index (χ3v) is 2.30. The molecule has 0 atom stereocenters. The molecule has 3 nitrogen and oxygen atoms in total. The molecule has 4 heteroatoms. The van der Waals surface area contributed by atoms with Crippen molar-refractivity contribution < 1.29 is 9.90 Å². The van der Waals surface area contributed by atoms with Crippen LogP contribution >= 0.6 is 11.8 Å². The highest BCUT2D eigenvalue weighted by molar-refractivity contribution is 7.99. The highest BCUT2D eigenvalue weighted by atomic mass is 32.2. The van der Waals surface area contributed by atoms with Crippen molar-refractivity contribution in [3.05, 3.63) is 24.0 Å². The van der Waals surface area contributed by atoms with Gasteiger partial charge in [0.2, 0.25) is 0 Å². The normalized spacial score (nSPS) is 10.4. The third-order valence-electron chi connectivity index (χ3n) is 1.33. The summed E-state index contributed by atoms with van der Waals surface area (Å²) in [5, 5.41) is 9.13. The van der Waals surface area contributed by atoms with Gasteiger partial charge in [-0.15, -0.1) is 11.8 Å². The van der Waals surface area contributed by atoms with E-state index in [9.17, 15) is 4.79 Å². The quantitative estimate of drug-likeness (QED) is 0.755. The van der Waals surface area contributed by atoms with Gasteiger partial charge in [0, 0.05) is 22.5 Å². The number of carboxylic acids is 1. The fourth-order valence-corrected chi connectivity index (χ4v) is 1.73. The molecule has 0 unspecified atom stereocenters. The molecular formula is C9H11NO2S. The van der Waals surface area contributed by atoms with Crippen molar-refractivity contribution in [1.29, 1.82) is 0 Å². The summed E-state index contributed by atoms with van der Waals surface area (Å²) in [7, 11) is 0. The smallest absolute Gasteiger partial charge is 0.337 e. The van der Waals surface area contributed by atoms with Crippen molar-refractivity contribution >= 4 is 17.7 Å². The predicted octanol–water partition coefficient (Wildman–Crippen LogP) is 2.28. The van der Waals surface area contributed by atoms with Crippen molar-refractivity contribution in [1.82, 2.24) is 4.98 Å². The molecule has 1 aromatic heterocycles. The molecule has 70 valence electrons. The Morgan fingerprint density at radius 2 is 2.23 bits per heavy atom. The molecule has 0 amide bonds. The Bertz CT molecular complexity index is 312. The van der Waals surface area contributed by atoms with Crippen LogP contribution in [0.4, 0.5) is 0 Å². The van der Waals surface area contributed by atoms with Gasteiger partial charge in [0.15, 0.2) is 0 Å². The number of thioether (sulfide) groups is 1.